The van der Waals surface area contributed by atoms with Crippen molar-refractivity contribution in [2.75, 3.05) is 12.3 Å². The van der Waals surface area contributed by atoms with Crippen LogP contribution in [0.5, 0.6) is 0 Å². The second kappa shape index (κ2) is 6.66. The Balaban J connectivity index is 2.56. The minimum Gasteiger partial charge on any atom is -0.309 e. The summed E-state index contributed by atoms with van der Waals surface area (Å²) in [5, 5.41) is 4.19. The maximum atomic E-state index is 12.0. The normalized spacial score (nSPS) is 14.6. The highest BCUT2D eigenvalue weighted by Gasteiger charge is 2.27. The van der Waals surface area contributed by atoms with Crippen molar-refractivity contribution in [3.8, 4) is 0 Å². The van der Waals surface area contributed by atoms with E-state index in [4.69, 9.17) is 0 Å². The Labute approximate surface area is 126 Å². The minimum absolute atomic E-state index is 0.000463. The predicted molar refractivity (Wildman–Crippen MR) is 80.5 cm³/mol. The quantitative estimate of drug-likeness (QED) is 0.797. The number of rotatable bonds is 5. The van der Waals surface area contributed by atoms with Gasteiger partial charge in [-0.25, -0.2) is 4.98 Å². The summed E-state index contributed by atoms with van der Waals surface area (Å²) in [5.41, 5.74) is -3.19. The maximum Gasteiger partial charge on any atom is 0.441 e. The van der Waals surface area contributed by atoms with Crippen molar-refractivity contribution < 1.29 is 13.2 Å². The van der Waals surface area contributed by atoms with Gasteiger partial charge in [0.25, 0.3) is 0 Å². The number of aromatic nitrogens is 1. The average molecular weight is 326 g/mol. The molecule has 0 spiro atoms. The first-order valence-electron chi connectivity index (χ1n) is 6.42. The molecule has 0 bridgehead atoms. The summed E-state index contributed by atoms with van der Waals surface area (Å²) in [5.74, 6) is 0.0256. The molecule has 1 atom stereocenters. The van der Waals surface area contributed by atoms with Gasteiger partial charge < -0.3 is 5.32 Å². The zero-order valence-electron chi connectivity index (χ0n) is 12.4. The van der Waals surface area contributed by atoms with Crippen LogP contribution in [-0.4, -0.2) is 22.8 Å². The van der Waals surface area contributed by atoms with Crippen LogP contribution < -0.4 is 5.32 Å². The number of nitrogens with one attached hydrogen (secondary N) is 1. The van der Waals surface area contributed by atoms with Crippen molar-refractivity contribution in [3.05, 3.63) is 15.6 Å². The van der Waals surface area contributed by atoms with Crippen LogP contribution in [0.25, 0.3) is 0 Å². The van der Waals surface area contributed by atoms with Crippen LogP contribution in [0.2, 0.25) is 0 Å². The van der Waals surface area contributed by atoms with Gasteiger partial charge in [-0.2, -0.15) is 13.2 Å². The van der Waals surface area contributed by atoms with Gasteiger partial charge in [0, 0.05) is 28.6 Å². The lowest BCUT2D eigenvalue weighted by molar-refractivity contribution is -0.0327. The molecule has 1 aromatic rings. The number of halogens is 3. The molecule has 1 N–H and O–H groups in total. The molecule has 116 valence electrons. The summed E-state index contributed by atoms with van der Waals surface area (Å²) in [6.45, 7) is 10.6. The number of alkyl halides is 3. The van der Waals surface area contributed by atoms with E-state index in [1.165, 1.54) is 0 Å². The highest BCUT2D eigenvalue weighted by Crippen LogP contribution is 2.33. The van der Waals surface area contributed by atoms with Crippen molar-refractivity contribution in [2.24, 2.45) is 0 Å². The van der Waals surface area contributed by atoms with E-state index < -0.39 is 5.51 Å². The Morgan fingerprint density at radius 2 is 1.90 bits per heavy atom. The number of hydrogen-bond donors (Lipinski definition) is 1. The van der Waals surface area contributed by atoms with Gasteiger partial charge in [0.2, 0.25) is 0 Å². The van der Waals surface area contributed by atoms with Crippen LogP contribution in [0, 0.1) is 6.92 Å². The summed E-state index contributed by atoms with van der Waals surface area (Å²) in [4.78, 5) is 5.67. The zero-order chi connectivity index (χ0) is 15.6. The molecular formula is C13H21F3N2S2. The molecule has 1 heterocycles. The number of aryl methyl sites for hydroxylation is 1. The smallest absolute Gasteiger partial charge is 0.309 e. The first kappa shape index (κ1) is 17.8. The van der Waals surface area contributed by atoms with Gasteiger partial charge in [-0.05, 0) is 25.6 Å². The summed E-state index contributed by atoms with van der Waals surface area (Å²) in [6, 6.07) is 0.0254. The Morgan fingerprint density at radius 3 is 2.35 bits per heavy atom. The molecule has 1 rings (SSSR count). The van der Waals surface area contributed by atoms with Crippen molar-refractivity contribution in [2.45, 2.75) is 51.6 Å². The molecule has 0 radical (unpaired) electrons. The SMILES string of the molecule is Cc1nc(C(C)(C)C)sc1C(C)NCCSC(F)(F)F. The fourth-order valence-corrected chi connectivity index (χ4v) is 3.27. The second-order valence-electron chi connectivity index (χ2n) is 5.69. The van der Waals surface area contributed by atoms with Crippen LogP contribution in [0.1, 0.15) is 49.3 Å². The van der Waals surface area contributed by atoms with Crippen LogP contribution >= 0.6 is 23.1 Å². The highest BCUT2D eigenvalue weighted by molar-refractivity contribution is 8.00. The topological polar surface area (TPSA) is 24.9 Å². The molecule has 1 aromatic heterocycles. The lowest BCUT2D eigenvalue weighted by Gasteiger charge is -2.14. The zero-order valence-corrected chi connectivity index (χ0v) is 14.0. The van der Waals surface area contributed by atoms with Gasteiger partial charge in [-0.1, -0.05) is 20.8 Å². The predicted octanol–water partition coefficient (Wildman–Crippen LogP) is 4.65. The fraction of sp³-hybridized carbons (Fsp3) is 0.769. The molecule has 7 heteroatoms. The van der Waals surface area contributed by atoms with Crippen molar-refractivity contribution in [1.29, 1.82) is 0 Å². The van der Waals surface area contributed by atoms with Crippen molar-refractivity contribution in [1.82, 2.24) is 10.3 Å². The molecule has 2 nitrogen and oxygen atoms in total. The van der Waals surface area contributed by atoms with Crippen molar-refractivity contribution >= 4 is 23.1 Å². The van der Waals surface area contributed by atoms with Crippen LogP contribution in [0.4, 0.5) is 13.2 Å². The standard InChI is InChI=1S/C13H21F3N2S2/c1-8(17-6-7-19-13(14,15)16)10-9(2)18-11(20-10)12(3,4)5/h8,17H,6-7H2,1-5H3. The van der Waals surface area contributed by atoms with Crippen LogP contribution in [0.15, 0.2) is 0 Å². The van der Waals surface area contributed by atoms with E-state index in [9.17, 15) is 13.2 Å². The number of hydrogen-bond acceptors (Lipinski definition) is 4. The van der Waals surface area contributed by atoms with E-state index in [0.29, 0.717) is 6.54 Å². The van der Waals surface area contributed by atoms with E-state index >= 15 is 0 Å². The van der Waals surface area contributed by atoms with E-state index in [0.717, 1.165) is 15.6 Å². The Bertz CT molecular complexity index is 436. The molecule has 0 fully saturated rings. The van der Waals surface area contributed by atoms with E-state index in [2.05, 4.69) is 31.1 Å². The Hall–Kier alpha value is -0.270. The maximum absolute atomic E-state index is 12.0. The largest absolute Gasteiger partial charge is 0.441 e. The summed E-state index contributed by atoms with van der Waals surface area (Å²) in [6.07, 6.45) is 0. The highest BCUT2D eigenvalue weighted by atomic mass is 32.2. The fourth-order valence-electron chi connectivity index (χ4n) is 1.67. The molecular weight excluding hydrogens is 305 g/mol. The van der Waals surface area contributed by atoms with E-state index in [1.54, 1.807) is 11.3 Å². The third kappa shape index (κ3) is 5.61. The second-order valence-corrected chi connectivity index (χ2v) is 7.88. The summed E-state index contributed by atoms with van der Waals surface area (Å²) in [7, 11) is 0. The number of thioether (sulfide) groups is 1. The summed E-state index contributed by atoms with van der Waals surface area (Å²) < 4.78 is 36.1. The molecule has 0 aliphatic heterocycles. The van der Waals surface area contributed by atoms with Gasteiger partial charge in [0.15, 0.2) is 0 Å². The Kier molecular flexibility index (Phi) is 5.92. The monoisotopic (exact) mass is 326 g/mol. The van der Waals surface area contributed by atoms with E-state index in [-0.39, 0.29) is 29.0 Å². The van der Waals surface area contributed by atoms with Crippen molar-refractivity contribution in [3.63, 3.8) is 0 Å². The molecule has 0 aromatic carbocycles. The van der Waals surface area contributed by atoms with Gasteiger partial charge >= 0.3 is 5.51 Å². The van der Waals surface area contributed by atoms with Crippen LogP contribution in [-0.2, 0) is 5.41 Å². The van der Waals surface area contributed by atoms with Crippen LogP contribution in [0.3, 0.4) is 0 Å². The minimum atomic E-state index is -4.15. The molecule has 0 amide bonds. The number of nitrogens with zero attached hydrogens (tertiary/aromatic N) is 1. The molecule has 0 saturated carbocycles. The summed E-state index contributed by atoms with van der Waals surface area (Å²) >= 11 is 1.65. The third-order valence-corrected chi connectivity index (χ3v) is 5.19. The lowest BCUT2D eigenvalue weighted by Crippen LogP contribution is -2.22. The third-order valence-electron chi connectivity index (χ3n) is 2.69. The van der Waals surface area contributed by atoms with Gasteiger partial charge in [0.1, 0.15) is 0 Å². The van der Waals surface area contributed by atoms with Gasteiger partial charge in [0.05, 0.1) is 10.7 Å². The Morgan fingerprint density at radius 1 is 1.30 bits per heavy atom. The van der Waals surface area contributed by atoms with Gasteiger partial charge in [-0.3, -0.25) is 0 Å². The lowest BCUT2D eigenvalue weighted by atomic mass is 9.98. The molecule has 0 saturated heterocycles. The molecule has 20 heavy (non-hydrogen) atoms. The van der Waals surface area contributed by atoms with Gasteiger partial charge in [-0.15, -0.1) is 11.3 Å². The molecule has 1 unspecified atom stereocenters. The number of thiazole rings is 1. The first-order chi connectivity index (χ1) is 9.00. The average Bonchev–Trinajstić information content (AvgIpc) is 2.65. The first-order valence-corrected chi connectivity index (χ1v) is 8.23. The molecule has 0 aliphatic rings. The van der Waals surface area contributed by atoms with E-state index in [1.807, 2.05) is 13.8 Å². The molecule has 0 aliphatic carbocycles.